The van der Waals surface area contributed by atoms with Crippen LogP contribution in [0.5, 0.6) is 0 Å². The second-order valence-electron chi connectivity index (χ2n) is 4.44. The number of hydrogen-bond acceptors (Lipinski definition) is 3. The summed E-state index contributed by atoms with van der Waals surface area (Å²) in [4.78, 5) is 21.9. The van der Waals surface area contributed by atoms with Crippen LogP contribution < -0.4 is 5.32 Å². The van der Waals surface area contributed by atoms with Gasteiger partial charge < -0.3 is 10.4 Å². The molecule has 0 aromatic heterocycles. The Balaban J connectivity index is 2.70. The number of carboxylic acids is 1. The molecule has 110 valence electrons. The van der Waals surface area contributed by atoms with E-state index in [4.69, 9.17) is 16.7 Å². The van der Waals surface area contributed by atoms with Gasteiger partial charge >= 0.3 is 5.97 Å². The largest absolute Gasteiger partial charge is 0.480 e. The van der Waals surface area contributed by atoms with E-state index in [9.17, 15) is 13.8 Å². The number of carboxylic acid groups (broad SMARTS) is 1. The van der Waals surface area contributed by atoms with Crippen molar-refractivity contribution in [2.24, 2.45) is 0 Å². The lowest BCUT2D eigenvalue weighted by Gasteiger charge is -2.13. The summed E-state index contributed by atoms with van der Waals surface area (Å²) in [5.41, 5.74) is 1.69. The minimum absolute atomic E-state index is 0.154. The van der Waals surface area contributed by atoms with Crippen LogP contribution in [0.25, 0.3) is 0 Å². The lowest BCUT2D eigenvalue weighted by Crippen LogP contribution is -2.43. The molecule has 0 aliphatic carbocycles. The van der Waals surface area contributed by atoms with E-state index in [1.165, 1.54) is 6.92 Å². The lowest BCUT2D eigenvalue weighted by atomic mass is 10.2. The summed E-state index contributed by atoms with van der Waals surface area (Å²) in [5.74, 6) is -1.67. The van der Waals surface area contributed by atoms with Crippen LogP contribution in [0, 0.1) is 6.92 Å². The number of hydrogen-bond donors (Lipinski definition) is 2. The molecule has 0 heterocycles. The number of nitrogens with one attached hydrogen (secondary N) is 1. The first-order valence-corrected chi connectivity index (χ1v) is 7.76. The fraction of sp³-hybridized carbons (Fsp3) is 0.385. The number of rotatable bonds is 6. The topological polar surface area (TPSA) is 83.5 Å². The first kappa shape index (κ1) is 16.7. The second kappa shape index (κ2) is 7.40. The van der Waals surface area contributed by atoms with Crippen LogP contribution in [0.4, 0.5) is 0 Å². The third-order valence-electron chi connectivity index (χ3n) is 2.55. The number of aliphatic carboxylic acids is 1. The van der Waals surface area contributed by atoms with Gasteiger partial charge in [-0.3, -0.25) is 9.00 Å². The van der Waals surface area contributed by atoms with E-state index in [0.717, 1.165) is 5.56 Å². The average Bonchev–Trinajstić information content (AvgIpc) is 2.31. The Morgan fingerprint density at radius 1 is 1.45 bits per heavy atom. The normalized spacial score (nSPS) is 13.6. The molecule has 2 N–H and O–H groups in total. The van der Waals surface area contributed by atoms with Crippen LogP contribution in [0.1, 0.15) is 18.1 Å². The Hall–Kier alpha value is -1.40. The van der Waals surface area contributed by atoms with Crippen molar-refractivity contribution < 1.29 is 18.9 Å². The number of aryl methyl sites for hydroxylation is 1. The molecule has 5 nitrogen and oxygen atoms in total. The van der Waals surface area contributed by atoms with Crippen LogP contribution in [0.3, 0.4) is 0 Å². The van der Waals surface area contributed by atoms with Gasteiger partial charge in [0.05, 0.1) is 11.5 Å². The van der Waals surface area contributed by atoms with Gasteiger partial charge in [-0.25, -0.2) is 4.79 Å². The molecule has 0 saturated heterocycles. The number of carbonyl (C=O) groups is 2. The third-order valence-corrected chi connectivity index (χ3v) is 4.24. The molecule has 0 aliphatic heterocycles. The van der Waals surface area contributed by atoms with Crippen molar-refractivity contribution in [2.45, 2.75) is 25.6 Å². The Morgan fingerprint density at radius 2 is 2.10 bits per heavy atom. The summed E-state index contributed by atoms with van der Waals surface area (Å²) in [6, 6.07) is 4.22. The average molecular weight is 318 g/mol. The van der Waals surface area contributed by atoms with Crippen molar-refractivity contribution >= 4 is 34.3 Å². The van der Waals surface area contributed by atoms with Crippen molar-refractivity contribution in [3.05, 3.63) is 34.3 Å². The predicted octanol–water partition coefficient (Wildman–Crippen LogP) is 1.49. The van der Waals surface area contributed by atoms with E-state index in [0.29, 0.717) is 10.6 Å². The third kappa shape index (κ3) is 5.30. The molecule has 0 bridgehead atoms. The van der Waals surface area contributed by atoms with Crippen molar-refractivity contribution in [2.75, 3.05) is 5.75 Å². The first-order chi connectivity index (χ1) is 9.29. The highest BCUT2D eigenvalue weighted by Crippen LogP contribution is 2.19. The zero-order valence-electron chi connectivity index (χ0n) is 11.2. The molecule has 0 aliphatic rings. The van der Waals surface area contributed by atoms with Crippen LogP contribution in [0.15, 0.2) is 18.2 Å². The summed E-state index contributed by atoms with van der Waals surface area (Å²) in [5, 5.41) is 11.7. The molecule has 2 unspecified atom stereocenters. The molecular weight excluding hydrogens is 302 g/mol. The fourth-order valence-electron chi connectivity index (χ4n) is 1.61. The van der Waals surface area contributed by atoms with Crippen molar-refractivity contribution in [1.29, 1.82) is 0 Å². The Kier molecular flexibility index (Phi) is 6.16. The minimum atomic E-state index is -1.43. The zero-order chi connectivity index (χ0) is 15.3. The quantitative estimate of drug-likeness (QED) is 0.832. The molecule has 0 spiro atoms. The molecule has 7 heteroatoms. The molecule has 1 aromatic rings. The van der Waals surface area contributed by atoms with Gasteiger partial charge in [0.25, 0.3) is 0 Å². The van der Waals surface area contributed by atoms with Crippen LogP contribution >= 0.6 is 11.6 Å². The van der Waals surface area contributed by atoms with E-state index in [2.05, 4.69) is 5.32 Å². The lowest BCUT2D eigenvalue weighted by molar-refractivity contribution is -0.140. The van der Waals surface area contributed by atoms with Gasteiger partial charge in [-0.2, -0.15) is 0 Å². The molecule has 20 heavy (non-hydrogen) atoms. The van der Waals surface area contributed by atoms with Crippen LogP contribution in [-0.2, 0) is 26.1 Å². The van der Waals surface area contributed by atoms with Crippen molar-refractivity contribution in [1.82, 2.24) is 5.32 Å². The summed E-state index contributed by atoms with van der Waals surface area (Å²) >= 11 is 6.04. The molecular formula is C13H16ClNO4S. The maximum atomic E-state index is 12.0. The monoisotopic (exact) mass is 317 g/mol. The van der Waals surface area contributed by atoms with E-state index in [1.807, 2.05) is 13.0 Å². The predicted molar refractivity (Wildman–Crippen MR) is 78.1 cm³/mol. The first-order valence-electron chi connectivity index (χ1n) is 5.89. The van der Waals surface area contributed by atoms with Gasteiger partial charge in [0, 0.05) is 22.7 Å². The molecule has 2 atom stereocenters. The van der Waals surface area contributed by atoms with Crippen molar-refractivity contribution in [3.8, 4) is 0 Å². The highest BCUT2D eigenvalue weighted by molar-refractivity contribution is 7.84. The molecule has 0 radical (unpaired) electrons. The highest BCUT2D eigenvalue weighted by atomic mass is 35.5. The van der Waals surface area contributed by atoms with Gasteiger partial charge in [-0.05, 0) is 24.1 Å². The number of benzene rings is 1. The van der Waals surface area contributed by atoms with Gasteiger partial charge in [-0.1, -0.05) is 23.7 Å². The van der Waals surface area contributed by atoms with E-state index in [1.54, 1.807) is 12.1 Å². The second-order valence-corrected chi connectivity index (χ2v) is 6.35. The molecule has 1 aromatic carbocycles. The van der Waals surface area contributed by atoms with Crippen molar-refractivity contribution in [3.63, 3.8) is 0 Å². The summed E-state index contributed by atoms with van der Waals surface area (Å²) in [6.45, 7) is 3.11. The number of amides is 1. The van der Waals surface area contributed by atoms with Gasteiger partial charge in [0.15, 0.2) is 0 Å². The number of halogens is 1. The van der Waals surface area contributed by atoms with Gasteiger partial charge in [0.2, 0.25) is 5.91 Å². The summed E-state index contributed by atoms with van der Waals surface area (Å²) in [7, 11) is -1.43. The molecule has 1 rings (SSSR count). The number of carbonyl (C=O) groups excluding carboxylic acids is 1. The minimum Gasteiger partial charge on any atom is -0.480 e. The van der Waals surface area contributed by atoms with Gasteiger partial charge in [-0.15, -0.1) is 0 Å². The van der Waals surface area contributed by atoms with Crippen LogP contribution in [0.2, 0.25) is 5.02 Å². The maximum Gasteiger partial charge on any atom is 0.327 e. The molecule has 0 saturated carbocycles. The zero-order valence-corrected chi connectivity index (χ0v) is 12.8. The van der Waals surface area contributed by atoms with Crippen LogP contribution in [-0.4, -0.2) is 33.0 Å². The molecule has 0 fully saturated rings. The van der Waals surface area contributed by atoms with E-state index in [-0.39, 0.29) is 11.5 Å². The Labute approximate surface area is 124 Å². The van der Waals surface area contributed by atoms with Gasteiger partial charge in [0.1, 0.15) is 6.04 Å². The fourth-order valence-corrected chi connectivity index (χ4v) is 3.30. The Bertz CT molecular complexity index is 547. The highest BCUT2D eigenvalue weighted by Gasteiger charge is 2.21. The summed E-state index contributed by atoms with van der Waals surface area (Å²) in [6.07, 6.45) is 0. The molecule has 1 amide bonds. The SMILES string of the molecule is CC(=O)NC(CS(=O)Cc1ccc(C)cc1Cl)C(=O)O. The van der Waals surface area contributed by atoms with E-state index >= 15 is 0 Å². The summed E-state index contributed by atoms with van der Waals surface area (Å²) < 4.78 is 12.0. The smallest absolute Gasteiger partial charge is 0.327 e. The maximum absolute atomic E-state index is 12.0. The Morgan fingerprint density at radius 3 is 2.60 bits per heavy atom. The van der Waals surface area contributed by atoms with E-state index < -0.39 is 28.7 Å². The standard InChI is InChI=1S/C13H16ClNO4S/c1-8-3-4-10(11(14)5-8)6-20(19)7-12(13(17)18)15-9(2)16/h3-5,12H,6-7H2,1-2H3,(H,15,16)(H,17,18).